The molecule has 0 bridgehead atoms. The van der Waals surface area contributed by atoms with Gasteiger partial charge < -0.3 is 5.32 Å². The van der Waals surface area contributed by atoms with Crippen molar-refractivity contribution in [2.75, 3.05) is 6.61 Å². The first kappa shape index (κ1) is 11.1. The summed E-state index contributed by atoms with van der Waals surface area (Å²) in [6.07, 6.45) is 1.38. The van der Waals surface area contributed by atoms with Crippen molar-refractivity contribution in [2.45, 2.75) is 18.6 Å². The first-order valence-corrected chi connectivity index (χ1v) is 5.60. The third kappa shape index (κ3) is 1.41. The number of rotatable bonds is 1. The maximum atomic E-state index is 11.0. The minimum absolute atomic E-state index is 0.00259. The third-order valence-corrected chi connectivity index (χ3v) is 3.21. The number of nitro benzene ring substituents is 1. The molecule has 2 N–H and O–H groups in total. The highest BCUT2D eigenvalue weighted by Gasteiger charge is 2.47. The number of fused-ring (bicyclic) bond motifs is 2. The molecule has 3 rings (SSSR count). The van der Waals surface area contributed by atoms with Gasteiger partial charge in [-0.05, 0) is 6.42 Å². The van der Waals surface area contributed by atoms with E-state index in [0.29, 0.717) is 18.6 Å². The average molecular weight is 249 g/mol. The topological polar surface area (TPSA) is 97.5 Å². The number of hydrogen-bond acceptors (Lipinski definition) is 5. The molecule has 1 atom stereocenters. The molecule has 7 nitrogen and oxygen atoms in total. The summed E-state index contributed by atoms with van der Waals surface area (Å²) >= 11 is 0. The lowest BCUT2D eigenvalue weighted by molar-refractivity contribution is -0.394. The molecule has 1 aromatic carbocycles. The molecule has 7 heteroatoms. The van der Waals surface area contributed by atoms with Gasteiger partial charge in [-0.2, -0.15) is 0 Å². The highest BCUT2D eigenvalue weighted by molar-refractivity contribution is 6.05. The molecule has 18 heavy (non-hydrogen) atoms. The van der Waals surface area contributed by atoms with Crippen LogP contribution in [0.4, 0.5) is 5.69 Å². The van der Waals surface area contributed by atoms with Crippen molar-refractivity contribution in [1.29, 1.82) is 5.41 Å². The van der Waals surface area contributed by atoms with Crippen LogP contribution >= 0.6 is 0 Å². The largest absolute Gasteiger partial charge is 0.336 e. The van der Waals surface area contributed by atoms with Crippen LogP contribution in [0.5, 0.6) is 0 Å². The van der Waals surface area contributed by atoms with E-state index in [1.54, 1.807) is 12.1 Å². The summed E-state index contributed by atoms with van der Waals surface area (Å²) in [7, 11) is 0. The molecule has 1 unspecified atom stereocenters. The minimum atomic E-state index is -0.948. The van der Waals surface area contributed by atoms with Crippen LogP contribution in [0.3, 0.4) is 0 Å². The maximum Gasteiger partial charge on any atom is 0.280 e. The Balaban J connectivity index is 2.17. The summed E-state index contributed by atoms with van der Waals surface area (Å²) < 4.78 is 0. The fourth-order valence-electron chi connectivity index (χ4n) is 2.45. The second-order valence-corrected chi connectivity index (χ2v) is 4.29. The quantitative estimate of drug-likeness (QED) is 0.445. The number of hydrogen-bond donors (Lipinski definition) is 2. The first-order valence-electron chi connectivity index (χ1n) is 5.60. The molecule has 1 saturated heterocycles. The summed E-state index contributed by atoms with van der Waals surface area (Å²) in [4.78, 5) is 20.8. The lowest BCUT2D eigenvalue weighted by Crippen LogP contribution is -2.44. The predicted octanol–water partition coefficient (Wildman–Crippen LogP) is 1.42. The Morgan fingerprint density at radius 3 is 3.00 bits per heavy atom. The van der Waals surface area contributed by atoms with Gasteiger partial charge >= 0.3 is 0 Å². The van der Waals surface area contributed by atoms with E-state index in [4.69, 9.17) is 15.2 Å². The number of benzene rings is 1. The average Bonchev–Trinajstić information content (AvgIpc) is 2.64. The molecule has 1 fully saturated rings. The van der Waals surface area contributed by atoms with Gasteiger partial charge in [-0.25, -0.2) is 9.78 Å². The molecule has 1 spiro atoms. The molecule has 94 valence electrons. The lowest BCUT2D eigenvalue weighted by atomic mass is 9.96. The van der Waals surface area contributed by atoms with Crippen molar-refractivity contribution in [2.24, 2.45) is 0 Å². The summed E-state index contributed by atoms with van der Waals surface area (Å²) in [5, 5.41) is 21.7. The van der Waals surface area contributed by atoms with Crippen LogP contribution in [-0.4, -0.2) is 17.4 Å². The first-order chi connectivity index (χ1) is 8.64. The number of nitrogens with one attached hydrogen (secondary N) is 2. The van der Waals surface area contributed by atoms with Crippen molar-refractivity contribution in [3.8, 4) is 0 Å². The van der Waals surface area contributed by atoms with Crippen molar-refractivity contribution in [1.82, 2.24) is 5.32 Å². The standard InChI is InChI=1S/C11H11N3O4/c12-10-9-7(3-1-4-8(9)14(15)16)11(13-10)5-2-6-17-18-11/h1,3-4H,2,5-6H2,(H2,12,13). The zero-order chi connectivity index (χ0) is 12.8. The van der Waals surface area contributed by atoms with E-state index in [1.165, 1.54) is 6.07 Å². The summed E-state index contributed by atoms with van der Waals surface area (Å²) in [6, 6.07) is 4.71. The molecule has 0 aliphatic carbocycles. The van der Waals surface area contributed by atoms with E-state index in [2.05, 4.69) is 5.32 Å². The van der Waals surface area contributed by atoms with Gasteiger partial charge in [-0.3, -0.25) is 15.5 Å². The van der Waals surface area contributed by atoms with Crippen molar-refractivity contribution >= 4 is 11.5 Å². The Bertz CT molecular complexity index is 537. The van der Waals surface area contributed by atoms with Gasteiger partial charge in [0.25, 0.3) is 5.69 Å². The fourth-order valence-corrected chi connectivity index (χ4v) is 2.45. The van der Waals surface area contributed by atoms with Crippen molar-refractivity contribution in [3.05, 3.63) is 39.4 Å². The number of nitro groups is 1. The van der Waals surface area contributed by atoms with E-state index >= 15 is 0 Å². The lowest BCUT2D eigenvalue weighted by Gasteiger charge is -2.32. The normalized spacial score (nSPS) is 25.9. The molecule has 2 aliphatic heterocycles. The summed E-state index contributed by atoms with van der Waals surface area (Å²) in [6.45, 7) is 0.487. The Hall–Kier alpha value is -1.99. The Morgan fingerprint density at radius 2 is 2.33 bits per heavy atom. The van der Waals surface area contributed by atoms with Gasteiger partial charge in [-0.15, -0.1) is 0 Å². The van der Waals surface area contributed by atoms with Gasteiger partial charge in [-0.1, -0.05) is 12.1 Å². The second-order valence-electron chi connectivity index (χ2n) is 4.29. The molecule has 1 aromatic rings. The molecule has 2 heterocycles. The zero-order valence-corrected chi connectivity index (χ0v) is 9.43. The summed E-state index contributed by atoms with van der Waals surface area (Å²) in [5.74, 6) is 0.00259. The van der Waals surface area contributed by atoms with Crippen molar-refractivity contribution < 1.29 is 14.7 Å². The fraction of sp³-hybridized carbons (Fsp3) is 0.364. The van der Waals surface area contributed by atoms with Crippen LogP contribution in [0.15, 0.2) is 18.2 Å². The second kappa shape index (κ2) is 3.76. The molecule has 0 amide bonds. The molecule has 0 saturated carbocycles. The van der Waals surface area contributed by atoms with Gasteiger partial charge in [0.05, 0.1) is 11.5 Å². The van der Waals surface area contributed by atoms with Gasteiger partial charge in [0.15, 0.2) is 0 Å². The SMILES string of the molecule is N=C1NC2(CCCOO2)c2cccc([N+](=O)[O-])c21. The zero-order valence-electron chi connectivity index (χ0n) is 9.43. The van der Waals surface area contributed by atoms with Crippen LogP contribution in [0.1, 0.15) is 24.0 Å². The monoisotopic (exact) mass is 249 g/mol. The highest BCUT2D eigenvalue weighted by atomic mass is 17.2. The van der Waals surface area contributed by atoms with Crippen LogP contribution < -0.4 is 5.32 Å². The van der Waals surface area contributed by atoms with Crippen LogP contribution in [0.2, 0.25) is 0 Å². The van der Waals surface area contributed by atoms with Gasteiger partial charge in [0.2, 0.25) is 5.72 Å². The maximum absolute atomic E-state index is 11.0. The molecule has 0 aromatic heterocycles. The van der Waals surface area contributed by atoms with E-state index in [9.17, 15) is 10.1 Å². The Morgan fingerprint density at radius 1 is 1.50 bits per heavy atom. The van der Waals surface area contributed by atoms with Gasteiger partial charge in [0.1, 0.15) is 11.4 Å². The third-order valence-electron chi connectivity index (χ3n) is 3.21. The van der Waals surface area contributed by atoms with Crippen LogP contribution in [-0.2, 0) is 15.5 Å². The highest BCUT2D eigenvalue weighted by Crippen LogP contribution is 2.41. The molecule has 2 aliphatic rings. The van der Waals surface area contributed by atoms with Crippen LogP contribution in [0.25, 0.3) is 0 Å². The van der Waals surface area contributed by atoms with Crippen molar-refractivity contribution in [3.63, 3.8) is 0 Å². The van der Waals surface area contributed by atoms with E-state index < -0.39 is 10.6 Å². The van der Waals surface area contributed by atoms with E-state index in [0.717, 1.165) is 6.42 Å². The molecular weight excluding hydrogens is 238 g/mol. The summed E-state index contributed by atoms with van der Waals surface area (Å²) in [5.41, 5.74) is -0.151. The number of nitrogens with zero attached hydrogens (tertiary/aromatic N) is 1. The van der Waals surface area contributed by atoms with E-state index in [-0.39, 0.29) is 17.1 Å². The molecular formula is C11H11N3O4. The smallest absolute Gasteiger partial charge is 0.280 e. The minimum Gasteiger partial charge on any atom is -0.336 e. The van der Waals surface area contributed by atoms with Crippen LogP contribution in [0, 0.1) is 15.5 Å². The Labute approximate surface area is 102 Å². The Kier molecular flexibility index (Phi) is 2.32. The van der Waals surface area contributed by atoms with E-state index in [1.807, 2.05) is 0 Å². The number of amidine groups is 1. The van der Waals surface area contributed by atoms with Gasteiger partial charge in [0, 0.05) is 18.1 Å². The predicted molar refractivity (Wildman–Crippen MR) is 61.0 cm³/mol. The molecule has 0 radical (unpaired) electrons.